The lowest BCUT2D eigenvalue weighted by molar-refractivity contribution is -0.156. The van der Waals surface area contributed by atoms with Crippen LogP contribution in [0.15, 0.2) is 12.7 Å². The Hall–Kier alpha value is -1.32. The molecule has 16 heavy (non-hydrogen) atoms. The van der Waals surface area contributed by atoms with Crippen LogP contribution in [-0.4, -0.2) is 24.2 Å². The summed E-state index contributed by atoms with van der Waals surface area (Å²) in [6.07, 6.45) is 2.34. The van der Waals surface area contributed by atoms with Crippen molar-refractivity contribution in [2.75, 3.05) is 7.11 Å². The lowest BCUT2D eigenvalue weighted by Gasteiger charge is -2.22. The Labute approximate surface area is 96.3 Å². The second-order valence-electron chi connectivity index (χ2n) is 4.23. The van der Waals surface area contributed by atoms with Crippen LogP contribution in [0.25, 0.3) is 0 Å². The fraction of sp³-hybridized carbons (Fsp3) is 0.667. The first-order valence-electron chi connectivity index (χ1n) is 5.35. The van der Waals surface area contributed by atoms with Crippen LogP contribution in [0.2, 0.25) is 0 Å². The molecule has 1 N–H and O–H groups in total. The Bertz CT molecular complexity index is 258. The molecule has 4 nitrogen and oxygen atoms in total. The molecule has 0 aliphatic carbocycles. The van der Waals surface area contributed by atoms with Crippen molar-refractivity contribution in [3.8, 4) is 0 Å². The molecule has 0 fully saturated rings. The van der Waals surface area contributed by atoms with E-state index in [1.165, 1.54) is 7.11 Å². The smallest absolute Gasteiger partial charge is 0.309 e. The summed E-state index contributed by atoms with van der Waals surface area (Å²) >= 11 is 0. The lowest BCUT2D eigenvalue weighted by atomic mass is 9.83. The van der Waals surface area contributed by atoms with Crippen LogP contribution in [0.1, 0.15) is 26.7 Å². The maximum atomic E-state index is 11.5. The van der Waals surface area contributed by atoms with Gasteiger partial charge in [-0.1, -0.05) is 19.9 Å². The van der Waals surface area contributed by atoms with Crippen LogP contribution in [0.5, 0.6) is 0 Å². The summed E-state index contributed by atoms with van der Waals surface area (Å²) in [5.74, 6) is -2.55. The predicted octanol–water partition coefficient (Wildman–Crippen LogP) is 2.10. The number of allylic oxidation sites excluding steroid dienone is 1. The zero-order chi connectivity index (χ0) is 12.7. The summed E-state index contributed by atoms with van der Waals surface area (Å²) in [7, 11) is 1.27. The molecular weight excluding hydrogens is 208 g/mol. The molecule has 2 atom stereocenters. The van der Waals surface area contributed by atoms with Crippen molar-refractivity contribution in [1.82, 2.24) is 0 Å². The van der Waals surface area contributed by atoms with E-state index in [0.717, 1.165) is 0 Å². The Morgan fingerprint density at radius 3 is 2.25 bits per heavy atom. The van der Waals surface area contributed by atoms with E-state index in [4.69, 9.17) is 5.11 Å². The third-order valence-corrected chi connectivity index (χ3v) is 2.45. The van der Waals surface area contributed by atoms with E-state index in [9.17, 15) is 9.59 Å². The first-order valence-corrected chi connectivity index (χ1v) is 5.35. The number of carboxylic acid groups (broad SMARTS) is 1. The number of ether oxygens (including phenoxy) is 1. The van der Waals surface area contributed by atoms with Crippen LogP contribution in [-0.2, 0) is 14.3 Å². The van der Waals surface area contributed by atoms with E-state index >= 15 is 0 Å². The molecule has 0 heterocycles. The minimum atomic E-state index is -0.953. The molecule has 4 heteroatoms. The molecule has 0 bridgehead atoms. The molecule has 0 aromatic heterocycles. The van der Waals surface area contributed by atoms with E-state index in [0.29, 0.717) is 12.8 Å². The van der Waals surface area contributed by atoms with E-state index in [2.05, 4.69) is 11.3 Å². The Balaban J connectivity index is 4.85. The van der Waals surface area contributed by atoms with E-state index in [1.54, 1.807) is 6.08 Å². The van der Waals surface area contributed by atoms with Gasteiger partial charge in [-0.2, -0.15) is 0 Å². The average Bonchev–Trinajstić information content (AvgIpc) is 2.21. The van der Waals surface area contributed by atoms with Gasteiger partial charge >= 0.3 is 11.9 Å². The number of esters is 1. The van der Waals surface area contributed by atoms with Crippen LogP contribution in [0.4, 0.5) is 0 Å². The van der Waals surface area contributed by atoms with Gasteiger partial charge in [0.1, 0.15) is 0 Å². The second kappa shape index (κ2) is 7.04. The van der Waals surface area contributed by atoms with E-state index in [1.807, 2.05) is 13.8 Å². The SMILES string of the molecule is C=CC[C@H](C(=O)OC)[C@@H](CC(C)C)C(=O)O. The van der Waals surface area contributed by atoms with E-state index in [-0.39, 0.29) is 5.92 Å². The number of rotatable bonds is 7. The molecule has 0 radical (unpaired) electrons. The fourth-order valence-electron chi connectivity index (χ4n) is 1.70. The molecule has 0 amide bonds. The van der Waals surface area contributed by atoms with Crippen LogP contribution in [0, 0.1) is 17.8 Å². The highest BCUT2D eigenvalue weighted by molar-refractivity contribution is 5.81. The number of methoxy groups -OCH3 is 1. The van der Waals surface area contributed by atoms with Gasteiger partial charge in [0.15, 0.2) is 0 Å². The number of carbonyl (C=O) groups is 2. The van der Waals surface area contributed by atoms with Gasteiger partial charge in [0.05, 0.1) is 18.9 Å². The van der Waals surface area contributed by atoms with Crippen molar-refractivity contribution < 1.29 is 19.4 Å². The summed E-state index contributed by atoms with van der Waals surface area (Å²) in [5, 5.41) is 9.12. The Morgan fingerprint density at radius 2 is 1.94 bits per heavy atom. The lowest BCUT2D eigenvalue weighted by Crippen LogP contribution is -2.31. The molecule has 0 aliphatic rings. The van der Waals surface area contributed by atoms with Gasteiger partial charge in [-0.3, -0.25) is 9.59 Å². The quantitative estimate of drug-likeness (QED) is 0.535. The maximum Gasteiger partial charge on any atom is 0.309 e. The second-order valence-corrected chi connectivity index (χ2v) is 4.23. The van der Waals surface area contributed by atoms with Crippen molar-refractivity contribution >= 4 is 11.9 Å². The summed E-state index contributed by atoms with van der Waals surface area (Å²) in [4.78, 5) is 22.6. The molecule has 0 saturated heterocycles. The third kappa shape index (κ3) is 4.47. The zero-order valence-corrected chi connectivity index (χ0v) is 10.1. The number of hydrogen-bond donors (Lipinski definition) is 1. The van der Waals surface area contributed by atoms with Gasteiger partial charge < -0.3 is 9.84 Å². The molecule has 0 saturated carbocycles. The van der Waals surface area contributed by atoms with Gasteiger partial charge in [-0.15, -0.1) is 6.58 Å². The average molecular weight is 228 g/mol. The molecule has 92 valence electrons. The predicted molar refractivity (Wildman–Crippen MR) is 60.9 cm³/mol. The zero-order valence-electron chi connectivity index (χ0n) is 10.1. The molecule has 0 rings (SSSR count). The first kappa shape index (κ1) is 14.7. The highest BCUT2D eigenvalue weighted by Crippen LogP contribution is 2.25. The third-order valence-electron chi connectivity index (χ3n) is 2.45. The molecule has 0 aromatic carbocycles. The normalized spacial score (nSPS) is 14.2. The summed E-state index contributed by atoms with van der Waals surface area (Å²) in [6, 6.07) is 0. The van der Waals surface area contributed by atoms with Crippen LogP contribution < -0.4 is 0 Å². The molecule has 0 unspecified atom stereocenters. The largest absolute Gasteiger partial charge is 0.481 e. The van der Waals surface area contributed by atoms with Crippen molar-refractivity contribution in [2.45, 2.75) is 26.7 Å². The minimum absolute atomic E-state index is 0.220. The Morgan fingerprint density at radius 1 is 1.38 bits per heavy atom. The number of hydrogen-bond acceptors (Lipinski definition) is 3. The minimum Gasteiger partial charge on any atom is -0.481 e. The van der Waals surface area contributed by atoms with Crippen LogP contribution in [0.3, 0.4) is 0 Å². The summed E-state index contributed by atoms with van der Waals surface area (Å²) in [6.45, 7) is 7.39. The van der Waals surface area contributed by atoms with Gasteiger partial charge in [0, 0.05) is 0 Å². The van der Waals surface area contributed by atoms with Crippen LogP contribution >= 0.6 is 0 Å². The molecule has 0 aliphatic heterocycles. The van der Waals surface area contributed by atoms with Crippen molar-refractivity contribution in [3.05, 3.63) is 12.7 Å². The van der Waals surface area contributed by atoms with Gasteiger partial charge in [-0.25, -0.2) is 0 Å². The van der Waals surface area contributed by atoms with Gasteiger partial charge in [0.2, 0.25) is 0 Å². The topological polar surface area (TPSA) is 63.6 Å². The monoisotopic (exact) mass is 228 g/mol. The van der Waals surface area contributed by atoms with Crippen molar-refractivity contribution in [1.29, 1.82) is 0 Å². The highest BCUT2D eigenvalue weighted by Gasteiger charge is 2.33. The number of carboxylic acids is 1. The molecule has 0 aromatic rings. The molecule has 0 spiro atoms. The van der Waals surface area contributed by atoms with Crippen molar-refractivity contribution in [3.63, 3.8) is 0 Å². The summed E-state index contributed by atoms with van der Waals surface area (Å²) < 4.78 is 4.63. The van der Waals surface area contributed by atoms with Gasteiger partial charge in [0.25, 0.3) is 0 Å². The van der Waals surface area contributed by atoms with E-state index < -0.39 is 23.8 Å². The summed E-state index contributed by atoms with van der Waals surface area (Å²) in [5.41, 5.74) is 0. The van der Waals surface area contributed by atoms with Crippen molar-refractivity contribution in [2.24, 2.45) is 17.8 Å². The number of carbonyl (C=O) groups excluding carboxylic acids is 1. The standard InChI is InChI=1S/C12H20O4/c1-5-6-9(12(15)16-4)10(11(13)14)7-8(2)3/h5,8-10H,1,6-7H2,2-4H3,(H,13,14)/t9-,10+/m0/s1. The first-order chi connectivity index (χ1) is 7.43. The van der Waals surface area contributed by atoms with Gasteiger partial charge in [-0.05, 0) is 18.8 Å². The Kier molecular flexibility index (Phi) is 6.46. The highest BCUT2D eigenvalue weighted by atomic mass is 16.5. The molecular formula is C12H20O4. The number of aliphatic carboxylic acids is 1. The fourth-order valence-corrected chi connectivity index (χ4v) is 1.70. The maximum absolute atomic E-state index is 11.5.